The molecule has 0 radical (unpaired) electrons. The summed E-state index contributed by atoms with van der Waals surface area (Å²) in [5.74, 6) is 5.72. The predicted molar refractivity (Wildman–Crippen MR) is 80.6 cm³/mol. The average molecular weight is 274 g/mol. The number of benzene rings is 1. The van der Waals surface area contributed by atoms with Crippen LogP contribution < -0.4 is 11.1 Å². The van der Waals surface area contributed by atoms with Gasteiger partial charge in [0, 0.05) is 31.4 Å². The second kappa shape index (κ2) is 9.13. The highest BCUT2D eigenvalue weighted by Gasteiger charge is 2.06. The molecule has 1 aromatic carbocycles. The monoisotopic (exact) mass is 274 g/mol. The fourth-order valence-electron chi connectivity index (χ4n) is 1.72. The average Bonchev–Trinajstić information content (AvgIpc) is 2.46. The van der Waals surface area contributed by atoms with Crippen molar-refractivity contribution < 1.29 is 9.53 Å². The normalized spacial score (nSPS) is 9.75. The lowest BCUT2D eigenvalue weighted by atomic mass is 10.0. The molecule has 0 aromatic heterocycles. The van der Waals surface area contributed by atoms with Crippen LogP contribution in [-0.2, 0) is 4.74 Å². The van der Waals surface area contributed by atoms with Crippen molar-refractivity contribution in [3.05, 3.63) is 34.9 Å². The minimum Gasteiger partial charge on any atom is -0.385 e. The van der Waals surface area contributed by atoms with Crippen LogP contribution in [-0.4, -0.2) is 32.7 Å². The van der Waals surface area contributed by atoms with Gasteiger partial charge in [0.15, 0.2) is 0 Å². The molecular formula is C16H22N2O2. The number of methoxy groups -OCH3 is 1. The number of nitrogens with two attached hydrogens (primary N) is 1. The summed E-state index contributed by atoms with van der Waals surface area (Å²) in [7, 11) is 1.68. The first-order chi connectivity index (χ1) is 9.69. The molecule has 108 valence electrons. The van der Waals surface area contributed by atoms with Gasteiger partial charge >= 0.3 is 0 Å². The highest BCUT2D eigenvalue weighted by atomic mass is 16.5. The molecule has 1 amide bonds. The largest absolute Gasteiger partial charge is 0.385 e. The van der Waals surface area contributed by atoms with E-state index in [1.807, 2.05) is 25.1 Å². The maximum absolute atomic E-state index is 12.0. The van der Waals surface area contributed by atoms with Crippen LogP contribution in [0.5, 0.6) is 0 Å². The first kappa shape index (κ1) is 16.2. The van der Waals surface area contributed by atoms with E-state index in [0.717, 1.165) is 30.6 Å². The fraction of sp³-hybridized carbons (Fsp3) is 0.438. The van der Waals surface area contributed by atoms with E-state index in [1.54, 1.807) is 7.11 Å². The van der Waals surface area contributed by atoms with Crippen LogP contribution in [0.1, 0.15) is 34.3 Å². The highest BCUT2D eigenvalue weighted by Crippen LogP contribution is 2.10. The van der Waals surface area contributed by atoms with E-state index in [-0.39, 0.29) is 5.91 Å². The molecule has 0 atom stereocenters. The molecule has 0 aliphatic rings. The molecule has 0 heterocycles. The summed E-state index contributed by atoms with van der Waals surface area (Å²) in [6, 6.07) is 5.52. The number of unbranched alkanes of at least 4 members (excludes halogenated alkanes) is 1. The predicted octanol–water partition coefficient (Wildman–Crippen LogP) is 1.46. The van der Waals surface area contributed by atoms with Crippen molar-refractivity contribution >= 4 is 5.91 Å². The SMILES string of the molecule is COCCCCNC(=O)c1ccc(C)c(C#CCN)c1. The van der Waals surface area contributed by atoms with Gasteiger partial charge in [0.25, 0.3) is 5.91 Å². The molecule has 0 saturated carbocycles. The Bertz CT molecular complexity index is 501. The first-order valence-corrected chi connectivity index (χ1v) is 6.75. The quantitative estimate of drug-likeness (QED) is 0.610. The summed E-state index contributed by atoms with van der Waals surface area (Å²) in [5.41, 5.74) is 7.89. The second-order valence-corrected chi connectivity index (χ2v) is 4.49. The third-order valence-electron chi connectivity index (χ3n) is 2.89. The summed E-state index contributed by atoms with van der Waals surface area (Å²) in [5, 5.41) is 2.89. The number of rotatable bonds is 6. The number of hydrogen-bond donors (Lipinski definition) is 2. The lowest BCUT2D eigenvalue weighted by molar-refractivity contribution is 0.0951. The Balaban J connectivity index is 2.60. The third kappa shape index (κ3) is 5.43. The topological polar surface area (TPSA) is 64.3 Å². The van der Waals surface area contributed by atoms with Gasteiger partial charge in [-0.15, -0.1) is 0 Å². The van der Waals surface area contributed by atoms with Gasteiger partial charge in [-0.1, -0.05) is 17.9 Å². The Labute approximate surface area is 120 Å². The molecular weight excluding hydrogens is 252 g/mol. The number of carbonyl (C=O) groups is 1. The summed E-state index contributed by atoms with van der Waals surface area (Å²) < 4.78 is 4.96. The van der Waals surface area contributed by atoms with Crippen LogP contribution in [0, 0.1) is 18.8 Å². The van der Waals surface area contributed by atoms with Crippen molar-refractivity contribution in [2.45, 2.75) is 19.8 Å². The summed E-state index contributed by atoms with van der Waals surface area (Å²) in [4.78, 5) is 12.0. The first-order valence-electron chi connectivity index (χ1n) is 6.75. The van der Waals surface area contributed by atoms with E-state index < -0.39 is 0 Å². The van der Waals surface area contributed by atoms with E-state index in [0.29, 0.717) is 18.7 Å². The molecule has 0 unspecified atom stereocenters. The molecule has 1 aromatic rings. The Morgan fingerprint density at radius 1 is 1.40 bits per heavy atom. The van der Waals surface area contributed by atoms with Gasteiger partial charge < -0.3 is 15.8 Å². The number of aryl methyl sites for hydroxylation is 1. The summed E-state index contributed by atoms with van der Waals surface area (Å²) in [6.07, 6.45) is 1.85. The number of carbonyl (C=O) groups excluding carboxylic acids is 1. The standard InChI is InChI=1S/C16H22N2O2/c1-13-7-8-15(12-14(13)6-5-9-17)16(19)18-10-3-4-11-20-2/h7-8,12H,3-4,9-11,17H2,1-2H3,(H,18,19). The van der Waals surface area contributed by atoms with E-state index in [4.69, 9.17) is 10.5 Å². The van der Waals surface area contributed by atoms with Gasteiger partial charge in [-0.2, -0.15) is 0 Å². The van der Waals surface area contributed by atoms with Crippen LogP contribution in [0.25, 0.3) is 0 Å². The lowest BCUT2D eigenvalue weighted by Gasteiger charge is -2.06. The van der Waals surface area contributed by atoms with Crippen molar-refractivity contribution in [1.82, 2.24) is 5.32 Å². The van der Waals surface area contributed by atoms with Crippen LogP contribution in [0.4, 0.5) is 0 Å². The molecule has 0 fully saturated rings. The minimum atomic E-state index is -0.0711. The van der Waals surface area contributed by atoms with Crippen LogP contribution >= 0.6 is 0 Å². The van der Waals surface area contributed by atoms with Crippen LogP contribution in [0.3, 0.4) is 0 Å². The molecule has 4 nitrogen and oxygen atoms in total. The molecule has 0 saturated heterocycles. The van der Waals surface area contributed by atoms with Gasteiger partial charge in [0.1, 0.15) is 0 Å². The van der Waals surface area contributed by atoms with Crippen molar-refractivity contribution in [3.63, 3.8) is 0 Å². The third-order valence-corrected chi connectivity index (χ3v) is 2.89. The molecule has 1 rings (SSSR count). The van der Waals surface area contributed by atoms with Gasteiger partial charge in [-0.3, -0.25) is 4.79 Å². The maximum Gasteiger partial charge on any atom is 0.251 e. The summed E-state index contributed by atoms with van der Waals surface area (Å²) in [6.45, 7) is 3.65. The number of nitrogens with one attached hydrogen (secondary N) is 1. The zero-order chi connectivity index (χ0) is 14.8. The molecule has 0 bridgehead atoms. The zero-order valence-corrected chi connectivity index (χ0v) is 12.2. The van der Waals surface area contributed by atoms with Crippen molar-refractivity contribution in [2.75, 3.05) is 26.8 Å². The second-order valence-electron chi connectivity index (χ2n) is 4.49. The Kier molecular flexibility index (Phi) is 7.41. The van der Waals surface area contributed by atoms with Crippen molar-refractivity contribution in [3.8, 4) is 11.8 Å². The smallest absolute Gasteiger partial charge is 0.251 e. The van der Waals surface area contributed by atoms with E-state index in [2.05, 4.69) is 17.2 Å². The molecule has 0 spiro atoms. The summed E-state index contributed by atoms with van der Waals surface area (Å²) >= 11 is 0. The van der Waals surface area contributed by atoms with E-state index >= 15 is 0 Å². The zero-order valence-electron chi connectivity index (χ0n) is 12.2. The lowest BCUT2D eigenvalue weighted by Crippen LogP contribution is -2.24. The maximum atomic E-state index is 12.0. The number of amides is 1. The molecule has 0 aliphatic carbocycles. The van der Waals surface area contributed by atoms with Crippen LogP contribution in [0.15, 0.2) is 18.2 Å². The number of ether oxygens (including phenoxy) is 1. The highest BCUT2D eigenvalue weighted by molar-refractivity contribution is 5.94. The van der Waals surface area contributed by atoms with Gasteiger partial charge in [0.2, 0.25) is 0 Å². The molecule has 20 heavy (non-hydrogen) atoms. The molecule has 4 heteroatoms. The van der Waals surface area contributed by atoms with E-state index in [1.165, 1.54) is 0 Å². The van der Waals surface area contributed by atoms with Crippen LogP contribution in [0.2, 0.25) is 0 Å². The van der Waals surface area contributed by atoms with Gasteiger partial charge in [-0.25, -0.2) is 0 Å². The fourth-order valence-corrected chi connectivity index (χ4v) is 1.72. The Hall–Kier alpha value is -1.83. The molecule has 3 N–H and O–H groups in total. The Morgan fingerprint density at radius 2 is 2.20 bits per heavy atom. The Morgan fingerprint density at radius 3 is 2.90 bits per heavy atom. The van der Waals surface area contributed by atoms with Crippen molar-refractivity contribution in [2.24, 2.45) is 5.73 Å². The number of hydrogen-bond acceptors (Lipinski definition) is 3. The van der Waals surface area contributed by atoms with Gasteiger partial charge in [0.05, 0.1) is 6.54 Å². The van der Waals surface area contributed by atoms with Gasteiger partial charge in [-0.05, 0) is 37.5 Å². The van der Waals surface area contributed by atoms with E-state index in [9.17, 15) is 4.79 Å². The molecule has 0 aliphatic heterocycles. The minimum absolute atomic E-state index is 0.0711. The van der Waals surface area contributed by atoms with Crippen molar-refractivity contribution in [1.29, 1.82) is 0 Å².